The quantitative estimate of drug-likeness (QED) is 0.0913. The van der Waals surface area contributed by atoms with Crippen LogP contribution in [-0.2, 0) is 4.79 Å². The molecule has 0 radical (unpaired) electrons. The minimum absolute atomic E-state index is 0.205. The lowest BCUT2D eigenvalue weighted by Crippen LogP contribution is -2.20. The van der Waals surface area contributed by atoms with Gasteiger partial charge in [-0.2, -0.15) is 5.10 Å². The van der Waals surface area contributed by atoms with Crippen LogP contribution in [0.1, 0.15) is 28.4 Å². The third kappa shape index (κ3) is 8.78. The molecule has 0 saturated carbocycles. The number of anilines is 3. The summed E-state index contributed by atoms with van der Waals surface area (Å²) in [6.07, 6.45) is 1.50. The van der Waals surface area contributed by atoms with E-state index in [1.807, 2.05) is 86.0 Å². The van der Waals surface area contributed by atoms with Gasteiger partial charge in [0, 0.05) is 27.9 Å². The number of thiazole rings is 1. The molecular formula is C34H30BrN5O4S. The number of amides is 2. The number of nitrogens with one attached hydrogen (secondary N) is 3. The van der Waals surface area contributed by atoms with Gasteiger partial charge in [0.15, 0.2) is 23.2 Å². The first-order chi connectivity index (χ1) is 21.9. The maximum atomic E-state index is 12.7. The van der Waals surface area contributed by atoms with Crippen molar-refractivity contribution in [1.82, 2.24) is 10.4 Å². The van der Waals surface area contributed by atoms with Crippen LogP contribution >= 0.6 is 27.3 Å². The number of benzene rings is 4. The van der Waals surface area contributed by atoms with E-state index >= 15 is 0 Å². The molecular weight excluding hydrogens is 654 g/mol. The first-order valence-corrected chi connectivity index (χ1v) is 15.7. The molecule has 0 unspecified atom stereocenters. The number of hydrazone groups is 1. The van der Waals surface area contributed by atoms with Gasteiger partial charge in [-0.1, -0.05) is 48.0 Å². The largest absolute Gasteiger partial charge is 0.490 e. The predicted molar refractivity (Wildman–Crippen MR) is 183 cm³/mol. The van der Waals surface area contributed by atoms with Crippen molar-refractivity contribution in [3.05, 3.63) is 118 Å². The Hall–Kier alpha value is -5.00. The summed E-state index contributed by atoms with van der Waals surface area (Å²) in [5, 5.41) is 13.0. The average molecular weight is 685 g/mol. The highest BCUT2D eigenvalue weighted by molar-refractivity contribution is 9.10. The molecule has 0 saturated heterocycles. The van der Waals surface area contributed by atoms with Crippen molar-refractivity contribution in [2.75, 3.05) is 23.8 Å². The molecule has 9 nitrogen and oxygen atoms in total. The number of ether oxygens (including phenoxy) is 2. The van der Waals surface area contributed by atoms with Crippen molar-refractivity contribution in [2.24, 2.45) is 5.10 Å². The molecule has 0 bridgehead atoms. The zero-order valence-corrected chi connectivity index (χ0v) is 26.9. The summed E-state index contributed by atoms with van der Waals surface area (Å²) in [4.78, 5) is 29.8. The van der Waals surface area contributed by atoms with E-state index in [-0.39, 0.29) is 18.4 Å². The maximum absolute atomic E-state index is 12.7. The van der Waals surface area contributed by atoms with Gasteiger partial charge >= 0.3 is 0 Å². The summed E-state index contributed by atoms with van der Waals surface area (Å²) in [5.41, 5.74) is 8.14. The first kappa shape index (κ1) is 31.4. The molecule has 1 heterocycles. The van der Waals surface area contributed by atoms with Crippen molar-refractivity contribution >= 4 is 61.8 Å². The first-order valence-electron chi connectivity index (χ1n) is 14.0. The van der Waals surface area contributed by atoms with Gasteiger partial charge in [-0.3, -0.25) is 9.59 Å². The number of para-hydroxylation sites is 1. The van der Waals surface area contributed by atoms with Crippen LogP contribution in [0.2, 0.25) is 0 Å². The van der Waals surface area contributed by atoms with Crippen LogP contribution in [0.3, 0.4) is 0 Å². The molecule has 2 amide bonds. The molecule has 5 aromatic rings. The monoisotopic (exact) mass is 683 g/mol. The van der Waals surface area contributed by atoms with Crippen LogP contribution in [0, 0.1) is 6.92 Å². The van der Waals surface area contributed by atoms with Crippen molar-refractivity contribution in [3.63, 3.8) is 0 Å². The minimum Gasteiger partial charge on any atom is -0.490 e. The van der Waals surface area contributed by atoms with Crippen LogP contribution in [-0.4, -0.2) is 36.2 Å². The lowest BCUT2D eigenvalue weighted by atomic mass is 10.1. The Bertz CT molecular complexity index is 1790. The number of hydrogen-bond acceptors (Lipinski definition) is 8. The number of carbonyl (C=O) groups is 2. The molecule has 5 rings (SSSR count). The van der Waals surface area contributed by atoms with Crippen molar-refractivity contribution in [3.8, 4) is 22.8 Å². The van der Waals surface area contributed by atoms with E-state index < -0.39 is 0 Å². The van der Waals surface area contributed by atoms with E-state index in [9.17, 15) is 9.59 Å². The molecule has 0 aliphatic rings. The normalized spacial score (nSPS) is 10.8. The zero-order chi connectivity index (χ0) is 31.6. The summed E-state index contributed by atoms with van der Waals surface area (Å²) >= 11 is 5.01. The molecule has 45 heavy (non-hydrogen) atoms. The number of carbonyl (C=O) groups excluding carboxylic acids is 2. The lowest BCUT2D eigenvalue weighted by Gasteiger charge is -2.14. The minimum atomic E-state index is -0.355. The summed E-state index contributed by atoms with van der Waals surface area (Å²) in [6, 6.07) is 28.0. The van der Waals surface area contributed by atoms with E-state index in [1.165, 1.54) is 17.6 Å². The molecule has 0 aliphatic carbocycles. The smallest absolute Gasteiger partial charge is 0.271 e. The van der Waals surface area contributed by atoms with Gasteiger partial charge in [0.05, 0.1) is 23.0 Å². The Labute approximate surface area is 273 Å². The third-order valence-electron chi connectivity index (χ3n) is 6.37. The fourth-order valence-corrected chi connectivity index (χ4v) is 5.48. The predicted octanol–water partition coefficient (Wildman–Crippen LogP) is 7.80. The van der Waals surface area contributed by atoms with Gasteiger partial charge in [-0.25, -0.2) is 10.4 Å². The maximum Gasteiger partial charge on any atom is 0.271 e. The van der Waals surface area contributed by atoms with E-state index in [4.69, 9.17) is 9.47 Å². The summed E-state index contributed by atoms with van der Waals surface area (Å²) in [6.45, 7) is 4.01. The Morgan fingerprint density at radius 3 is 2.44 bits per heavy atom. The van der Waals surface area contributed by atoms with Crippen LogP contribution in [0.5, 0.6) is 11.5 Å². The van der Waals surface area contributed by atoms with Crippen LogP contribution in [0.4, 0.5) is 16.5 Å². The van der Waals surface area contributed by atoms with Gasteiger partial charge in [-0.15, -0.1) is 11.3 Å². The Morgan fingerprint density at radius 1 is 0.956 bits per heavy atom. The molecule has 4 aromatic carbocycles. The second-order valence-electron chi connectivity index (χ2n) is 9.77. The van der Waals surface area contributed by atoms with Crippen molar-refractivity contribution in [1.29, 1.82) is 0 Å². The second-order valence-corrected chi connectivity index (χ2v) is 11.5. The molecule has 3 N–H and O–H groups in total. The number of aromatic nitrogens is 1. The summed E-state index contributed by atoms with van der Waals surface area (Å²) in [7, 11) is 0. The SMILES string of the molecule is CCOc1cc(/C=N/NC(=O)c2ccc(-c3csc(Nc4ccccc4)n3)cc2)cc(Br)c1OCC(=O)Nc1ccc(C)cc1. The topological polar surface area (TPSA) is 114 Å². The van der Waals surface area contributed by atoms with Crippen molar-refractivity contribution in [2.45, 2.75) is 13.8 Å². The molecule has 1 aromatic heterocycles. The highest BCUT2D eigenvalue weighted by atomic mass is 79.9. The summed E-state index contributed by atoms with van der Waals surface area (Å²) < 4.78 is 12.1. The fourth-order valence-electron chi connectivity index (χ4n) is 4.17. The molecule has 228 valence electrons. The van der Waals surface area contributed by atoms with Gasteiger partial charge in [0.1, 0.15) is 0 Å². The van der Waals surface area contributed by atoms with E-state index in [0.717, 1.165) is 27.6 Å². The molecule has 0 fully saturated rings. The fraction of sp³-hybridized carbons (Fsp3) is 0.118. The van der Waals surface area contributed by atoms with Crippen LogP contribution in [0.15, 0.2) is 106 Å². The highest BCUT2D eigenvalue weighted by Crippen LogP contribution is 2.36. The van der Waals surface area contributed by atoms with Crippen LogP contribution in [0.25, 0.3) is 11.3 Å². The Morgan fingerprint density at radius 2 is 1.71 bits per heavy atom. The van der Waals surface area contributed by atoms with E-state index in [1.54, 1.807) is 24.3 Å². The lowest BCUT2D eigenvalue weighted by molar-refractivity contribution is -0.118. The average Bonchev–Trinajstić information content (AvgIpc) is 3.51. The third-order valence-corrected chi connectivity index (χ3v) is 7.71. The highest BCUT2D eigenvalue weighted by Gasteiger charge is 2.14. The van der Waals surface area contributed by atoms with Crippen molar-refractivity contribution < 1.29 is 19.1 Å². The standard InChI is InChI=1S/C34H30BrN5O4S/c1-3-43-30-18-23(17-28(35)32(30)44-20-31(41)37-27-15-9-22(2)10-16-27)19-36-40-33(42)25-13-11-24(12-14-25)29-21-45-34(39-29)38-26-7-5-4-6-8-26/h4-19,21H,3,20H2,1-2H3,(H,37,41)(H,38,39)(H,40,42)/b36-19+. The number of aryl methyl sites for hydroxylation is 1. The number of halogens is 1. The molecule has 0 atom stereocenters. The Kier molecular flexibility index (Phi) is 10.6. The molecule has 0 aliphatic heterocycles. The van der Waals surface area contributed by atoms with Crippen LogP contribution < -0.4 is 25.5 Å². The van der Waals surface area contributed by atoms with Gasteiger partial charge < -0.3 is 20.1 Å². The van der Waals surface area contributed by atoms with Gasteiger partial charge in [0.25, 0.3) is 11.8 Å². The van der Waals surface area contributed by atoms with E-state index in [2.05, 4.69) is 42.1 Å². The van der Waals surface area contributed by atoms with Gasteiger partial charge in [-0.05, 0) is 83.9 Å². The molecule has 11 heteroatoms. The second kappa shape index (κ2) is 15.1. The molecule has 0 spiro atoms. The number of rotatable bonds is 12. The van der Waals surface area contributed by atoms with Gasteiger partial charge in [0.2, 0.25) is 0 Å². The number of hydrogen-bond donors (Lipinski definition) is 3. The Balaban J connectivity index is 1.17. The number of nitrogens with zero attached hydrogens (tertiary/aromatic N) is 2. The summed E-state index contributed by atoms with van der Waals surface area (Å²) in [5.74, 6) is 0.167. The van der Waals surface area contributed by atoms with E-state index in [0.29, 0.717) is 39.4 Å². The zero-order valence-electron chi connectivity index (χ0n) is 24.5.